The maximum atomic E-state index is 12.4. The molecule has 144 valence electrons. The summed E-state index contributed by atoms with van der Waals surface area (Å²) in [5, 5.41) is 2.97. The van der Waals surface area contributed by atoms with E-state index < -0.39 is 0 Å². The third-order valence-electron chi connectivity index (χ3n) is 5.04. The van der Waals surface area contributed by atoms with Crippen LogP contribution in [0.15, 0.2) is 48.5 Å². The number of rotatable bonds is 7. The van der Waals surface area contributed by atoms with Crippen LogP contribution in [0.5, 0.6) is 11.5 Å². The maximum Gasteiger partial charge on any atom is 0.279 e. The molecule has 0 spiro atoms. The summed E-state index contributed by atoms with van der Waals surface area (Å²) in [6, 6.07) is 15.8. The fourth-order valence-electron chi connectivity index (χ4n) is 3.55. The fourth-order valence-corrected chi connectivity index (χ4v) is 3.55. The zero-order valence-corrected chi connectivity index (χ0v) is 16.1. The summed E-state index contributed by atoms with van der Waals surface area (Å²) in [4.78, 5) is 15.3. The van der Waals surface area contributed by atoms with Crippen LogP contribution in [0.1, 0.15) is 5.56 Å². The van der Waals surface area contributed by atoms with Gasteiger partial charge in [0.05, 0.1) is 19.9 Å². The number of hydrogen-bond acceptors (Lipinski definition) is 3. The van der Waals surface area contributed by atoms with Gasteiger partial charge in [0.25, 0.3) is 5.91 Å². The van der Waals surface area contributed by atoms with Crippen LogP contribution in [-0.2, 0) is 11.3 Å². The molecule has 0 bridgehead atoms. The van der Waals surface area contributed by atoms with Crippen LogP contribution in [0.3, 0.4) is 0 Å². The first-order chi connectivity index (χ1) is 13.2. The van der Waals surface area contributed by atoms with Gasteiger partial charge in [-0.3, -0.25) is 4.79 Å². The molecule has 3 rings (SSSR count). The van der Waals surface area contributed by atoms with Crippen LogP contribution in [0, 0.1) is 0 Å². The van der Waals surface area contributed by atoms with Crippen molar-refractivity contribution < 1.29 is 24.1 Å². The number of para-hydroxylation sites is 2. The van der Waals surface area contributed by atoms with Crippen LogP contribution in [-0.4, -0.2) is 52.9 Å². The largest absolute Gasteiger partial charge is 0.497 e. The molecule has 1 amide bonds. The van der Waals surface area contributed by atoms with Crippen molar-refractivity contribution in [2.75, 3.05) is 52.3 Å². The lowest BCUT2D eigenvalue weighted by atomic mass is 10.2. The Labute approximate surface area is 160 Å². The molecular weight excluding hydrogens is 342 g/mol. The van der Waals surface area contributed by atoms with Gasteiger partial charge in [-0.2, -0.15) is 0 Å². The zero-order chi connectivity index (χ0) is 19.1. The smallest absolute Gasteiger partial charge is 0.279 e. The lowest BCUT2D eigenvalue weighted by Crippen LogP contribution is -3.28. The number of hydrogen-bond donors (Lipinski definition) is 3. The molecule has 27 heavy (non-hydrogen) atoms. The lowest BCUT2D eigenvalue weighted by molar-refractivity contribution is -1.02. The molecule has 0 aromatic heterocycles. The minimum absolute atomic E-state index is 0.0331. The number of ether oxygens (including phenoxy) is 2. The Balaban J connectivity index is 1.45. The van der Waals surface area contributed by atoms with Crippen LogP contribution >= 0.6 is 0 Å². The Morgan fingerprint density at radius 1 is 0.963 bits per heavy atom. The van der Waals surface area contributed by atoms with Gasteiger partial charge < -0.3 is 24.6 Å². The Morgan fingerprint density at radius 3 is 2.44 bits per heavy atom. The van der Waals surface area contributed by atoms with E-state index in [1.54, 1.807) is 19.1 Å². The first kappa shape index (κ1) is 19.2. The maximum absolute atomic E-state index is 12.4. The van der Waals surface area contributed by atoms with E-state index in [1.165, 1.54) is 10.5 Å². The van der Waals surface area contributed by atoms with E-state index in [4.69, 9.17) is 9.47 Å². The SMILES string of the molecule is COc1cccc(C[NH+]2CC[NH+](CC(=O)Nc3ccccc3OC)CC2)c1. The van der Waals surface area contributed by atoms with Crippen molar-refractivity contribution in [2.45, 2.75) is 6.54 Å². The Morgan fingerprint density at radius 2 is 1.70 bits per heavy atom. The molecule has 1 saturated heterocycles. The van der Waals surface area contributed by atoms with Crippen LogP contribution < -0.4 is 24.6 Å². The molecule has 0 radical (unpaired) electrons. The normalized spacial score (nSPS) is 19.3. The molecule has 1 heterocycles. The first-order valence-corrected chi connectivity index (χ1v) is 9.41. The van der Waals surface area contributed by atoms with E-state index in [-0.39, 0.29) is 5.91 Å². The van der Waals surface area contributed by atoms with E-state index in [0.29, 0.717) is 12.3 Å². The average molecular weight is 371 g/mol. The molecule has 0 saturated carbocycles. The highest BCUT2D eigenvalue weighted by Gasteiger charge is 2.25. The molecular formula is C21H29N3O3+2. The standard InChI is InChI=1S/C21H27N3O3/c1-26-18-7-5-6-17(14-18)15-23-10-12-24(13-11-23)16-21(25)22-19-8-3-4-9-20(19)27-2/h3-9,14H,10-13,15-16H2,1-2H3,(H,22,25)/p+2. The topological polar surface area (TPSA) is 56.4 Å². The van der Waals surface area contributed by atoms with Crippen molar-refractivity contribution in [3.8, 4) is 11.5 Å². The molecule has 6 nitrogen and oxygen atoms in total. The van der Waals surface area contributed by atoms with Gasteiger partial charge in [-0.1, -0.05) is 24.3 Å². The van der Waals surface area contributed by atoms with Crippen LogP contribution in [0.25, 0.3) is 0 Å². The first-order valence-electron chi connectivity index (χ1n) is 9.41. The van der Waals surface area contributed by atoms with Crippen LogP contribution in [0.2, 0.25) is 0 Å². The number of carbonyl (C=O) groups excluding carboxylic acids is 1. The Bertz CT molecular complexity index is 758. The van der Waals surface area contributed by atoms with Gasteiger partial charge >= 0.3 is 0 Å². The van der Waals surface area contributed by atoms with Gasteiger partial charge in [-0.25, -0.2) is 0 Å². The third kappa shape index (κ3) is 5.45. The minimum Gasteiger partial charge on any atom is -0.497 e. The van der Waals surface area contributed by atoms with Crippen molar-refractivity contribution in [2.24, 2.45) is 0 Å². The Hall–Kier alpha value is -2.57. The summed E-state index contributed by atoms with van der Waals surface area (Å²) in [6.07, 6.45) is 0. The quantitative estimate of drug-likeness (QED) is 0.622. The monoisotopic (exact) mass is 371 g/mol. The van der Waals surface area contributed by atoms with E-state index in [2.05, 4.69) is 17.4 Å². The summed E-state index contributed by atoms with van der Waals surface area (Å²) in [5.74, 6) is 1.63. The number of amides is 1. The summed E-state index contributed by atoms with van der Waals surface area (Å²) < 4.78 is 10.6. The minimum atomic E-state index is 0.0331. The zero-order valence-electron chi connectivity index (χ0n) is 16.1. The fraction of sp³-hybridized carbons (Fsp3) is 0.381. The number of anilines is 1. The van der Waals surface area contributed by atoms with Gasteiger partial charge in [0, 0.05) is 5.56 Å². The number of methoxy groups -OCH3 is 2. The highest BCUT2D eigenvalue weighted by atomic mass is 16.5. The molecule has 2 aromatic rings. The molecule has 1 aliphatic rings. The molecule has 1 aliphatic heterocycles. The summed E-state index contributed by atoms with van der Waals surface area (Å²) >= 11 is 0. The predicted octanol–water partition coefficient (Wildman–Crippen LogP) is -0.374. The van der Waals surface area contributed by atoms with Gasteiger partial charge in [0.2, 0.25) is 0 Å². The van der Waals surface area contributed by atoms with Gasteiger partial charge in [0.15, 0.2) is 6.54 Å². The Kier molecular flexibility index (Phi) is 6.68. The van der Waals surface area contributed by atoms with E-state index >= 15 is 0 Å². The number of nitrogens with one attached hydrogen (secondary N) is 3. The number of carbonyl (C=O) groups is 1. The number of piperazine rings is 1. The molecule has 1 fully saturated rings. The second kappa shape index (κ2) is 9.39. The van der Waals surface area contributed by atoms with E-state index in [9.17, 15) is 4.79 Å². The van der Waals surface area contributed by atoms with E-state index in [1.807, 2.05) is 36.4 Å². The van der Waals surface area contributed by atoms with Crippen molar-refractivity contribution in [3.05, 3.63) is 54.1 Å². The third-order valence-corrected chi connectivity index (χ3v) is 5.04. The number of benzene rings is 2. The molecule has 0 atom stereocenters. The summed E-state index contributed by atoms with van der Waals surface area (Å²) in [6.45, 7) is 5.61. The molecule has 3 N–H and O–H groups in total. The predicted molar refractivity (Wildman–Crippen MR) is 105 cm³/mol. The molecule has 2 aromatic carbocycles. The van der Waals surface area contributed by atoms with Crippen molar-refractivity contribution in [1.29, 1.82) is 0 Å². The van der Waals surface area contributed by atoms with Gasteiger partial charge in [0.1, 0.15) is 44.2 Å². The molecule has 0 aliphatic carbocycles. The highest BCUT2D eigenvalue weighted by Crippen LogP contribution is 2.22. The molecule has 6 heteroatoms. The van der Waals surface area contributed by atoms with Crippen molar-refractivity contribution in [1.82, 2.24) is 0 Å². The van der Waals surface area contributed by atoms with E-state index in [0.717, 1.165) is 44.2 Å². The van der Waals surface area contributed by atoms with Crippen molar-refractivity contribution in [3.63, 3.8) is 0 Å². The summed E-state index contributed by atoms with van der Waals surface area (Å²) in [5.41, 5.74) is 2.02. The summed E-state index contributed by atoms with van der Waals surface area (Å²) in [7, 11) is 3.31. The van der Waals surface area contributed by atoms with Crippen LogP contribution in [0.4, 0.5) is 5.69 Å². The second-order valence-electron chi connectivity index (χ2n) is 6.95. The molecule has 0 unspecified atom stereocenters. The number of quaternary nitrogens is 2. The van der Waals surface area contributed by atoms with Gasteiger partial charge in [-0.15, -0.1) is 0 Å². The van der Waals surface area contributed by atoms with Gasteiger partial charge in [-0.05, 0) is 24.3 Å². The van der Waals surface area contributed by atoms with Crippen molar-refractivity contribution >= 4 is 11.6 Å². The lowest BCUT2D eigenvalue weighted by Gasteiger charge is -2.29. The second-order valence-corrected chi connectivity index (χ2v) is 6.95. The average Bonchev–Trinajstić information content (AvgIpc) is 2.70. The highest BCUT2D eigenvalue weighted by molar-refractivity contribution is 5.92.